The maximum atomic E-state index is 6.19. The van der Waals surface area contributed by atoms with Crippen LogP contribution in [0.3, 0.4) is 0 Å². The summed E-state index contributed by atoms with van der Waals surface area (Å²) in [5, 5.41) is 3.68. The van der Waals surface area contributed by atoms with Crippen molar-refractivity contribution in [3.05, 3.63) is 65.0 Å². The molecule has 0 N–H and O–H groups in total. The number of rotatable bonds is 2. The number of hydrogen-bond acceptors (Lipinski definition) is 2. The smallest absolute Gasteiger partial charge is 0.143 e. The van der Waals surface area contributed by atoms with Crippen molar-refractivity contribution in [1.29, 1.82) is 0 Å². The second kappa shape index (κ2) is 6.97. The van der Waals surface area contributed by atoms with Gasteiger partial charge in [0.2, 0.25) is 0 Å². The molecule has 154 valence electrons. The predicted octanol–water partition coefficient (Wildman–Crippen LogP) is 8.26. The Hall–Kier alpha value is -2.61. The number of aromatic nitrogens is 1. The zero-order valence-electron chi connectivity index (χ0n) is 18.8. The van der Waals surface area contributed by atoms with E-state index in [1.165, 1.54) is 58.5 Å². The topological polar surface area (TPSA) is 26.0 Å². The van der Waals surface area contributed by atoms with Crippen molar-refractivity contribution in [2.75, 3.05) is 0 Å². The summed E-state index contributed by atoms with van der Waals surface area (Å²) in [5.74, 6) is 1.67. The van der Waals surface area contributed by atoms with Gasteiger partial charge in [0.1, 0.15) is 11.3 Å². The second-order valence-electron chi connectivity index (χ2n) is 10.1. The van der Waals surface area contributed by atoms with E-state index < -0.39 is 0 Å². The molecule has 0 unspecified atom stereocenters. The summed E-state index contributed by atoms with van der Waals surface area (Å²) in [6, 6.07) is 13.6. The van der Waals surface area contributed by atoms with Crippen molar-refractivity contribution in [3.8, 4) is 11.3 Å². The molecule has 0 saturated heterocycles. The summed E-state index contributed by atoms with van der Waals surface area (Å²) in [4.78, 5) is 4.81. The Bertz CT molecular complexity index is 1250. The Balaban J connectivity index is 1.62. The fourth-order valence-corrected chi connectivity index (χ4v) is 5.15. The van der Waals surface area contributed by atoms with E-state index in [9.17, 15) is 0 Å². The van der Waals surface area contributed by atoms with Crippen LogP contribution in [0.2, 0.25) is 0 Å². The standard InChI is InChI=1S/C28H31NO/c1-17-14-24-18(2)19(3)30-27(24)25(15-17)26-23-7-6-21(16-22(23)10-13-29-26)20-8-11-28(4,5)12-9-20/h6-7,10,13-16,20H,8-9,11-12H2,1-5H3. The number of hydrogen-bond donors (Lipinski definition) is 0. The lowest BCUT2D eigenvalue weighted by Crippen LogP contribution is -2.20. The highest BCUT2D eigenvalue weighted by Gasteiger charge is 2.27. The molecule has 4 aromatic rings. The van der Waals surface area contributed by atoms with E-state index in [0.717, 1.165) is 22.6 Å². The van der Waals surface area contributed by atoms with E-state index >= 15 is 0 Å². The molecule has 0 aliphatic heterocycles. The first-order chi connectivity index (χ1) is 14.3. The van der Waals surface area contributed by atoms with Crippen LogP contribution in [0.15, 0.2) is 47.0 Å². The van der Waals surface area contributed by atoms with Gasteiger partial charge in [-0.25, -0.2) is 0 Å². The third kappa shape index (κ3) is 3.23. The molecule has 1 fully saturated rings. The zero-order valence-corrected chi connectivity index (χ0v) is 18.8. The van der Waals surface area contributed by atoms with Gasteiger partial charge in [0, 0.05) is 22.5 Å². The Kier molecular flexibility index (Phi) is 4.50. The summed E-state index contributed by atoms with van der Waals surface area (Å²) in [6.45, 7) is 11.1. The average Bonchev–Trinajstić information content (AvgIpc) is 3.01. The van der Waals surface area contributed by atoms with Gasteiger partial charge in [0.15, 0.2) is 0 Å². The second-order valence-corrected chi connectivity index (χ2v) is 10.1. The summed E-state index contributed by atoms with van der Waals surface area (Å²) in [5.41, 5.74) is 7.51. The van der Waals surface area contributed by atoms with Gasteiger partial charge >= 0.3 is 0 Å². The number of fused-ring (bicyclic) bond motifs is 2. The van der Waals surface area contributed by atoms with Crippen LogP contribution in [-0.4, -0.2) is 4.98 Å². The van der Waals surface area contributed by atoms with Crippen LogP contribution < -0.4 is 0 Å². The van der Waals surface area contributed by atoms with Gasteiger partial charge in [-0.15, -0.1) is 0 Å². The van der Waals surface area contributed by atoms with Crippen LogP contribution in [0.1, 0.15) is 67.9 Å². The van der Waals surface area contributed by atoms with Gasteiger partial charge in [0.25, 0.3) is 0 Å². The maximum Gasteiger partial charge on any atom is 0.143 e. The molecule has 0 atom stereocenters. The van der Waals surface area contributed by atoms with E-state index in [2.05, 4.69) is 64.1 Å². The first kappa shape index (κ1) is 19.4. The molecule has 0 bridgehead atoms. The first-order valence-corrected chi connectivity index (χ1v) is 11.2. The molecule has 0 spiro atoms. The highest BCUT2D eigenvalue weighted by Crippen LogP contribution is 2.43. The lowest BCUT2D eigenvalue weighted by molar-refractivity contribution is 0.224. The molecule has 2 nitrogen and oxygen atoms in total. The number of aryl methyl sites for hydroxylation is 3. The average molecular weight is 398 g/mol. The normalized spacial score (nSPS) is 17.1. The van der Waals surface area contributed by atoms with Crippen molar-refractivity contribution in [1.82, 2.24) is 4.98 Å². The molecule has 5 rings (SSSR count). The third-order valence-corrected chi connectivity index (χ3v) is 7.27. The fraction of sp³-hybridized carbons (Fsp3) is 0.393. The SMILES string of the molecule is Cc1cc(-c2nccc3cc(C4CCC(C)(C)CC4)ccc23)c2oc(C)c(C)c2c1. The summed E-state index contributed by atoms with van der Waals surface area (Å²) < 4.78 is 6.19. The molecule has 2 heterocycles. The predicted molar refractivity (Wildman–Crippen MR) is 126 cm³/mol. The summed E-state index contributed by atoms with van der Waals surface area (Å²) >= 11 is 0. The molecule has 0 amide bonds. The third-order valence-electron chi connectivity index (χ3n) is 7.27. The highest BCUT2D eigenvalue weighted by atomic mass is 16.3. The Morgan fingerprint density at radius 2 is 1.70 bits per heavy atom. The molecular weight excluding hydrogens is 366 g/mol. The maximum absolute atomic E-state index is 6.19. The Morgan fingerprint density at radius 3 is 2.47 bits per heavy atom. The van der Waals surface area contributed by atoms with E-state index in [1.54, 1.807) is 0 Å². The van der Waals surface area contributed by atoms with Gasteiger partial charge in [-0.3, -0.25) is 4.98 Å². The van der Waals surface area contributed by atoms with E-state index in [4.69, 9.17) is 9.40 Å². The molecule has 0 radical (unpaired) electrons. The summed E-state index contributed by atoms with van der Waals surface area (Å²) in [6.07, 6.45) is 7.16. The Morgan fingerprint density at radius 1 is 0.933 bits per heavy atom. The minimum absolute atomic E-state index is 0.500. The number of nitrogens with zero attached hydrogens (tertiary/aromatic N) is 1. The van der Waals surface area contributed by atoms with Crippen LogP contribution in [-0.2, 0) is 0 Å². The van der Waals surface area contributed by atoms with Crippen molar-refractivity contribution in [2.24, 2.45) is 5.41 Å². The lowest BCUT2D eigenvalue weighted by atomic mass is 9.71. The molecule has 1 aliphatic rings. The van der Waals surface area contributed by atoms with Crippen molar-refractivity contribution >= 4 is 21.7 Å². The number of pyridine rings is 1. The number of benzene rings is 2. The van der Waals surface area contributed by atoms with Gasteiger partial charge in [-0.2, -0.15) is 0 Å². The van der Waals surface area contributed by atoms with E-state index in [0.29, 0.717) is 11.3 Å². The highest BCUT2D eigenvalue weighted by molar-refractivity contribution is 6.03. The molecule has 2 heteroatoms. The Labute approximate surface area is 179 Å². The van der Waals surface area contributed by atoms with Crippen molar-refractivity contribution in [2.45, 2.75) is 66.2 Å². The van der Waals surface area contributed by atoms with E-state index in [-0.39, 0.29) is 0 Å². The minimum atomic E-state index is 0.500. The van der Waals surface area contributed by atoms with Crippen LogP contribution in [0.5, 0.6) is 0 Å². The van der Waals surface area contributed by atoms with Gasteiger partial charge in [-0.05, 0) is 98.1 Å². The van der Waals surface area contributed by atoms with Crippen LogP contribution in [0, 0.1) is 26.2 Å². The number of furan rings is 1. The lowest BCUT2D eigenvalue weighted by Gasteiger charge is -2.34. The molecule has 1 aliphatic carbocycles. The van der Waals surface area contributed by atoms with E-state index in [1.807, 2.05) is 13.1 Å². The van der Waals surface area contributed by atoms with Crippen molar-refractivity contribution in [3.63, 3.8) is 0 Å². The zero-order chi connectivity index (χ0) is 21.0. The summed E-state index contributed by atoms with van der Waals surface area (Å²) in [7, 11) is 0. The molecule has 2 aromatic carbocycles. The van der Waals surface area contributed by atoms with Gasteiger partial charge in [-0.1, -0.05) is 32.0 Å². The fourth-order valence-electron chi connectivity index (χ4n) is 5.15. The van der Waals surface area contributed by atoms with Crippen LogP contribution in [0.25, 0.3) is 33.0 Å². The molecule has 30 heavy (non-hydrogen) atoms. The largest absolute Gasteiger partial charge is 0.460 e. The van der Waals surface area contributed by atoms with Gasteiger partial charge < -0.3 is 4.42 Å². The molecular formula is C28H31NO. The quantitative estimate of drug-likeness (QED) is 0.340. The monoisotopic (exact) mass is 397 g/mol. The van der Waals surface area contributed by atoms with Crippen LogP contribution >= 0.6 is 0 Å². The van der Waals surface area contributed by atoms with Gasteiger partial charge in [0.05, 0.1) is 5.69 Å². The van der Waals surface area contributed by atoms with Crippen molar-refractivity contribution < 1.29 is 4.42 Å². The van der Waals surface area contributed by atoms with Crippen LogP contribution in [0.4, 0.5) is 0 Å². The minimum Gasteiger partial charge on any atom is -0.460 e. The molecule has 2 aromatic heterocycles. The first-order valence-electron chi connectivity index (χ1n) is 11.2. The molecule has 1 saturated carbocycles.